The van der Waals surface area contributed by atoms with Crippen LogP contribution in [0, 0.1) is 5.82 Å². The van der Waals surface area contributed by atoms with Crippen LogP contribution in [0.1, 0.15) is 0 Å². The van der Waals surface area contributed by atoms with E-state index in [9.17, 15) is 4.39 Å². The van der Waals surface area contributed by atoms with Crippen molar-refractivity contribution >= 4 is 28.6 Å². The maximum Gasteiger partial charge on any atom is 0.201 e. The molecule has 1 aromatic heterocycles. The molecule has 0 atom stereocenters. The van der Waals surface area contributed by atoms with E-state index in [1.54, 1.807) is 11.7 Å². The molecule has 1 aromatic carbocycles. The minimum Gasteiger partial charge on any atom is -0.382 e. The van der Waals surface area contributed by atoms with Crippen molar-refractivity contribution in [1.82, 2.24) is 9.55 Å². The average Bonchev–Trinajstić information content (AvgIpc) is 2.66. The smallest absolute Gasteiger partial charge is 0.201 e. The first-order valence-corrected chi connectivity index (χ1v) is 6.18. The molecule has 2 rings (SSSR count). The van der Waals surface area contributed by atoms with Gasteiger partial charge in [-0.3, -0.25) is 0 Å². The second-order valence-corrected chi connectivity index (χ2v) is 4.39. The zero-order valence-electron chi connectivity index (χ0n) is 10.5. The molecule has 5 nitrogen and oxygen atoms in total. The molecule has 19 heavy (non-hydrogen) atoms. The molecule has 104 valence electrons. The van der Waals surface area contributed by atoms with Gasteiger partial charge in [-0.15, -0.1) is 0 Å². The van der Waals surface area contributed by atoms with Gasteiger partial charge in [0.15, 0.2) is 0 Å². The zero-order chi connectivity index (χ0) is 13.8. The molecule has 0 amide bonds. The van der Waals surface area contributed by atoms with E-state index in [0.29, 0.717) is 43.3 Å². The van der Waals surface area contributed by atoms with Crippen LogP contribution < -0.4 is 5.73 Å². The highest BCUT2D eigenvalue weighted by Gasteiger charge is 2.11. The van der Waals surface area contributed by atoms with Gasteiger partial charge in [0, 0.05) is 19.7 Å². The number of ether oxygens (including phenoxy) is 2. The van der Waals surface area contributed by atoms with E-state index >= 15 is 0 Å². The number of hydrogen-bond donors (Lipinski definition) is 1. The number of rotatable bonds is 6. The van der Waals surface area contributed by atoms with Crippen molar-refractivity contribution < 1.29 is 13.9 Å². The second-order valence-electron chi connectivity index (χ2n) is 3.98. The van der Waals surface area contributed by atoms with Gasteiger partial charge < -0.3 is 19.8 Å². The predicted octanol–water partition coefficient (Wildman–Crippen LogP) is 2.07. The van der Waals surface area contributed by atoms with Crippen molar-refractivity contribution in [1.29, 1.82) is 0 Å². The molecule has 2 N–H and O–H groups in total. The minimum absolute atomic E-state index is 0.0356. The number of methoxy groups -OCH3 is 1. The fraction of sp³-hybridized carbons (Fsp3) is 0.417. The normalized spacial score (nSPS) is 11.3. The fourth-order valence-electron chi connectivity index (χ4n) is 1.77. The van der Waals surface area contributed by atoms with Crippen LogP contribution in [0.3, 0.4) is 0 Å². The summed E-state index contributed by atoms with van der Waals surface area (Å²) in [5.74, 6) is -0.178. The summed E-state index contributed by atoms with van der Waals surface area (Å²) in [6.45, 7) is 1.98. The molecule has 0 saturated heterocycles. The Balaban J connectivity index is 2.13. The van der Waals surface area contributed by atoms with Crippen molar-refractivity contribution in [2.45, 2.75) is 6.54 Å². The summed E-state index contributed by atoms with van der Waals surface area (Å²) < 4.78 is 25.4. The minimum atomic E-state index is -0.490. The maximum atomic E-state index is 13.5. The van der Waals surface area contributed by atoms with Gasteiger partial charge >= 0.3 is 0 Å². The summed E-state index contributed by atoms with van der Waals surface area (Å²) >= 11 is 5.71. The topological polar surface area (TPSA) is 62.3 Å². The maximum absolute atomic E-state index is 13.5. The Morgan fingerprint density at radius 3 is 2.89 bits per heavy atom. The molecule has 0 fully saturated rings. The van der Waals surface area contributed by atoms with Crippen LogP contribution >= 0.6 is 11.6 Å². The van der Waals surface area contributed by atoms with Crippen LogP contribution in [0.2, 0.25) is 5.02 Å². The number of imidazole rings is 1. The Kier molecular flexibility index (Phi) is 4.57. The molecule has 0 spiro atoms. The number of fused-ring (bicyclic) bond motifs is 1. The lowest BCUT2D eigenvalue weighted by Crippen LogP contribution is -2.11. The van der Waals surface area contributed by atoms with Gasteiger partial charge in [0.1, 0.15) is 5.82 Å². The first-order chi connectivity index (χ1) is 9.13. The summed E-state index contributed by atoms with van der Waals surface area (Å²) in [7, 11) is 1.61. The highest BCUT2D eigenvalue weighted by Crippen LogP contribution is 2.24. The van der Waals surface area contributed by atoms with Gasteiger partial charge in [-0.25, -0.2) is 9.37 Å². The van der Waals surface area contributed by atoms with Crippen molar-refractivity contribution in [3.63, 3.8) is 0 Å². The number of aromatic nitrogens is 2. The molecular formula is C12H15ClFN3O2. The summed E-state index contributed by atoms with van der Waals surface area (Å²) in [6.07, 6.45) is 0. The monoisotopic (exact) mass is 287 g/mol. The lowest BCUT2D eigenvalue weighted by molar-refractivity contribution is 0.0671. The quantitative estimate of drug-likeness (QED) is 0.826. The average molecular weight is 288 g/mol. The van der Waals surface area contributed by atoms with Crippen LogP contribution in [0.15, 0.2) is 12.1 Å². The predicted molar refractivity (Wildman–Crippen MR) is 71.8 cm³/mol. The highest BCUT2D eigenvalue weighted by molar-refractivity contribution is 6.31. The number of benzene rings is 1. The highest BCUT2D eigenvalue weighted by atomic mass is 35.5. The van der Waals surface area contributed by atoms with Crippen LogP contribution in [0.25, 0.3) is 11.0 Å². The largest absolute Gasteiger partial charge is 0.382 e. The van der Waals surface area contributed by atoms with Gasteiger partial charge in [-0.1, -0.05) is 11.6 Å². The van der Waals surface area contributed by atoms with E-state index in [0.717, 1.165) is 0 Å². The van der Waals surface area contributed by atoms with Crippen molar-refractivity contribution in [3.05, 3.63) is 23.0 Å². The van der Waals surface area contributed by atoms with Crippen LogP contribution in [-0.4, -0.2) is 36.5 Å². The number of nitrogen functional groups attached to an aromatic ring is 1. The molecule has 1 heterocycles. The molecule has 0 bridgehead atoms. The van der Waals surface area contributed by atoms with Crippen molar-refractivity contribution in [2.24, 2.45) is 0 Å². The SMILES string of the molecule is COCCOCCn1c(N)nc2cc(Cl)c(F)cc21. The van der Waals surface area contributed by atoms with Gasteiger partial charge in [-0.05, 0) is 6.07 Å². The Morgan fingerprint density at radius 2 is 2.16 bits per heavy atom. The first-order valence-electron chi connectivity index (χ1n) is 5.81. The molecule has 0 saturated carbocycles. The number of halogens is 2. The van der Waals surface area contributed by atoms with E-state index in [-0.39, 0.29) is 5.02 Å². The Labute approximate surface area is 115 Å². The van der Waals surface area contributed by atoms with E-state index in [4.69, 9.17) is 26.8 Å². The number of anilines is 1. The van der Waals surface area contributed by atoms with E-state index in [1.807, 2.05) is 0 Å². The third-order valence-corrected chi connectivity index (χ3v) is 3.00. The molecule has 2 aromatic rings. The van der Waals surface area contributed by atoms with Crippen molar-refractivity contribution in [3.8, 4) is 0 Å². The Bertz CT molecular complexity index is 574. The van der Waals surface area contributed by atoms with Gasteiger partial charge in [0.25, 0.3) is 0 Å². The molecule has 0 aliphatic rings. The lowest BCUT2D eigenvalue weighted by Gasteiger charge is -2.07. The molecule has 0 aliphatic carbocycles. The van der Waals surface area contributed by atoms with Crippen LogP contribution in [-0.2, 0) is 16.0 Å². The number of hydrogen-bond acceptors (Lipinski definition) is 4. The molecule has 7 heteroatoms. The van der Waals surface area contributed by atoms with Crippen LogP contribution in [0.4, 0.5) is 10.3 Å². The molecule has 0 radical (unpaired) electrons. The zero-order valence-corrected chi connectivity index (χ0v) is 11.3. The molecule has 0 unspecified atom stereocenters. The Morgan fingerprint density at radius 1 is 1.37 bits per heavy atom. The third kappa shape index (κ3) is 3.15. The summed E-state index contributed by atoms with van der Waals surface area (Å²) in [4.78, 5) is 4.14. The standard InChI is InChI=1S/C12H15ClFN3O2/c1-18-4-5-19-3-2-17-11-7-9(14)8(13)6-10(11)16-12(17)15/h6-7H,2-5H2,1H3,(H2,15,16). The van der Waals surface area contributed by atoms with Crippen molar-refractivity contribution in [2.75, 3.05) is 32.7 Å². The lowest BCUT2D eigenvalue weighted by atomic mass is 10.3. The van der Waals surface area contributed by atoms with E-state index in [1.165, 1.54) is 12.1 Å². The summed E-state index contributed by atoms with van der Waals surface area (Å²) in [6, 6.07) is 2.79. The second kappa shape index (κ2) is 6.18. The summed E-state index contributed by atoms with van der Waals surface area (Å²) in [5.41, 5.74) is 6.98. The van der Waals surface area contributed by atoms with Gasteiger partial charge in [0.2, 0.25) is 5.95 Å². The van der Waals surface area contributed by atoms with Crippen LogP contribution in [0.5, 0.6) is 0 Å². The van der Waals surface area contributed by atoms with Gasteiger partial charge in [-0.2, -0.15) is 0 Å². The summed E-state index contributed by atoms with van der Waals surface area (Å²) in [5, 5.41) is 0.0356. The van der Waals surface area contributed by atoms with E-state index < -0.39 is 5.82 Å². The Hall–Kier alpha value is -1.37. The fourth-order valence-corrected chi connectivity index (χ4v) is 1.93. The van der Waals surface area contributed by atoms with E-state index in [2.05, 4.69) is 4.98 Å². The number of nitrogens with zero attached hydrogens (tertiary/aromatic N) is 2. The number of nitrogens with two attached hydrogens (primary N) is 1. The van der Waals surface area contributed by atoms with Gasteiger partial charge in [0.05, 0.1) is 35.9 Å². The third-order valence-electron chi connectivity index (χ3n) is 2.71. The molecular weight excluding hydrogens is 273 g/mol. The first kappa shape index (κ1) is 14.0. The molecule has 0 aliphatic heterocycles.